The maximum Gasteiger partial charge on any atom is 0.0629 e. The molecule has 3 aliphatic rings. The molecule has 0 N–H and O–H groups in total. The molecule has 630 valence electrons. The van der Waals surface area contributed by atoms with Crippen LogP contribution in [0.1, 0.15) is 114 Å². The number of fused-ring (bicyclic) bond motifs is 18. The summed E-state index contributed by atoms with van der Waals surface area (Å²) in [5, 5.41) is 13.8. The van der Waals surface area contributed by atoms with E-state index in [9.17, 15) is 0 Å². The van der Waals surface area contributed by atoms with Crippen LogP contribution in [0.4, 0.5) is 51.2 Å². The molecule has 3 aliphatic carbocycles. The summed E-state index contributed by atoms with van der Waals surface area (Å²) in [7, 11) is 0. The minimum Gasteiger partial charge on any atom is -0.310 e. The Hall–Kier alpha value is -16.2. The van der Waals surface area contributed by atoms with E-state index in [1.54, 1.807) is 0 Å². The van der Waals surface area contributed by atoms with Gasteiger partial charge in [-0.3, -0.25) is 0 Å². The Morgan fingerprint density at radius 3 is 0.780 bits per heavy atom. The van der Waals surface area contributed by atoms with Crippen LogP contribution in [0.3, 0.4) is 0 Å². The smallest absolute Gasteiger partial charge is 0.0629 e. The van der Waals surface area contributed by atoms with Crippen LogP contribution >= 0.6 is 0 Å². The van der Waals surface area contributed by atoms with Gasteiger partial charge in [0.15, 0.2) is 0 Å². The fourth-order valence-corrected chi connectivity index (χ4v) is 20.7. The standard InChI is InChI=1S/3C43H33N/c3*1-43(2)41-19-11-10-18-39(41)40-27-26-35(29-42(40)43)44(33-13-4-3-5-14-33)34-24-21-30(22-25-34)20-23-32-28-31-12-6-7-15-36(31)38-17-9-8-16-37(32)38/h3*3-29H,1-2H3/b3*23-20+/i20D,23D;23D;20D. The molecule has 0 bridgehead atoms. The third kappa shape index (κ3) is 15.0. The van der Waals surface area contributed by atoms with Gasteiger partial charge < -0.3 is 14.7 Å². The van der Waals surface area contributed by atoms with E-state index in [2.05, 4.69) is 463 Å². The Labute approximate surface area is 780 Å². The largest absolute Gasteiger partial charge is 0.310 e. The van der Waals surface area contributed by atoms with Crippen molar-refractivity contribution < 1.29 is 5.48 Å². The summed E-state index contributed by atoms with van der Waals surface area (Å²) >= 11 is 0. The van der Waals surface area contributed by atoms with E-state index in [1.165, 1.54) is 93.7 Å². The maximum absolute atomic E-state index is 9.17. The highest BCUT2D eigenvalue weighted by Crippen LogP contribution is 2.55. The zero-order valence-corrected chi connectivity index (χ0v) is 74.8. The lowest BCUT2D eigenvalue weighted by Gasteiger charge is -2.28. The van der Waals surface area contributed by atoms with Crippen LogP contribution < -0.4 is 14.7 Å². The molecule has 0 atom stereocenters. The van der Waals surface area contributed by atoms with Gasteiger partial charge in [-0.25, -0.2) is 0 Å². The van der Waals surface area contributed by atoms with Crippen molar-refractivity contribution in [2.45, 2.75) is 57.8 Å². The molecule has 132 heavy (non-hydrogen) atoms. The van der Waals surface area contributed by atoms with Gasteiger partial charge in [-0.1, -0.05) is 405 Å². The zero-order chi connectivity index (χ0) is 92.5. The van der Waals surface area contributed by atoms with Crippen LogP contribution in [0.25, 0.3) is 134 Å². The maximum atomic E-state index is 9.17. The topological polar surface area (TPSA) is 9.72 Å². The van der Waals surface area contributed by atoms with Crippen LogP contribution in [0.5, 0.6) is 0 Å². The monoisotopic (exact) mass is 1690 g/mol. The highest BCUT2D eigenvalue weighted by molar-refractivity contribution is 6.14. The average molecular weight is 1700 g/mol. The van der Waals surface area contributed by atoms with E-state index in [0.717, 1.165) is 117 Å². The fourth-order valence-electron chi connectivity index (χ4n) is 20.7. The molecule has 0 heterocycles. The fraction of sp³-hybridized carbons (Fsp3) is 0.0698. The van der Waals surface area contributed by atoms with Crippen LogP contribution in [0, 0.1) is 0 Å². The molecule has 0 saturated carbocycles. The highest BCUT2D eigenvalue weighted by atomic mass is 15.2. The van der Waals surface area contributed by atoms with E-state index < -0.39 is 0 Å². The van der Waals surface area contributed by atoms with Gasteiger partial charge in [0.05, 0.1) is 5.48 Å². The predicted molar refractivity (Wildman–Crippen MR) is 567 cm³/mol. The van der Waals surface area contributed by atoms with Crippen molar-refractivity contribution in [1.29, 1.82) is 0 Å². The number of rotatable bonds is 15. The third-order valence-electron chi connectivity index (χ3n) is 27.4. The van der Waals surface area contributed by atoms with Crippen molar-refractivity contribution >= 4 is 152 Å². The van der Waals surface area contributed by atoms with E-state index in [0.29, 0.717) is 17.7 Å². The summed E-state index contributed by atoms with van der Waals surface area (Å²) in [6.45, 7) is 13.9. The number of para-hydroxylation sites is 3. The second-order valence-corrected chi connectivity index (χ2v) is 36.3. The number of nitrogens with zero attached hydrogens (tertiary/aromatic N) is 3. The molecule has 0 unspecified atom stereocenters. The highest BCUT2D eigenvalue weighted by Gasteiger charge is 2.39. The molecule has 0 aromatic heterocycles. The predicted octanol–water partition coefficient (Wildman–Crippen LogP) is 35.8. The van der Waals surface area contributed by atoms with Gasteiger partial charge in [0, 0.05) is 67.4 Å². The van der Waals surface area contributed by atoms with E-state index in [-0.39, 0.29) is 28.3 Å². The number of benzene rings is 21. The number of hydrogen-bond donors (Lipinski definition) is 0. The van der Waals surface area contributed by atoms with E-state index >= 15 is 0 Å². The quantitative estimate of drug-likeness (QED) is 0.0748. The summed E-state index contributed by atoms with van der Waals surface area (Å²) < 4.78 is 36.5. The van der Waals surface area contributed by atoms with Crippen molar-refractivity contribution in [2.75, 3.05) is 14.7 Å². The van der Waals surface area contributed by atoms with Gasteiger partial charge >= 0.3 is 0 Å². The van der Waals surface area contributed by atoms with Gasteiger partial charge in [0.1, 0.15) is 0 Å². The molecule has 24 rings (SSSR count). The first-order valence-electron chi connectivity index (χ1n) is 47.8. The van der Waals surface area contributed by atoms with Gasteiger partial charge in [-0.2, -0.15) is 0 Å². The lowest BCUT2D eigenvalue weighted by Crippen LogP contribution is -2.16. The second kappa shape index (κ2) is 34.1. The first kappa shape index (κ1) is 77.0. The molecule has 21 aromatic carbocycles. The molecule has 3 heteroatoms. The SMILES string of the molecule is [2H]/C(=C(/[2H])c1cc2ccccc2c2ccccc12)c1ccc(N(c2ccccc2)c2ccc3c(c2)C(C)(C)c2ccccc2-3)cc1.[2H]/C(=C\c1cc2ccccc2c2ccccc12)c1ccc(N(c2ccccc2)c2ccc3c(c2)C(C)(C)c2ccccc2-3)cc1.[2H]/C(=C\c1ccc(N(c2ccccc2)c2ccc3c(c2)C(C)(C)c2ccccc2-3)cc1)c1cc2ccccc2c2ccccc12. The Balaban J connectivity index is 0.000000118. The van der Waals surface area contributed by atoms with Gasteiger partial charge in [-0.15, -0.1) is 0 Å². The summed E-state index contributed by atoms with van der Waals surface area (Å²) in [6.07, 6.45) is 3.97. The van der Waals surface area contributed by atoms with Gasteiger partial charge in [-0.05, 0) is 292 Å². The molecule has 0 radical (unpaired) electrons. The molecule has 0 saturated heterocycles. The van der Waals surface area contributed by atoms with Crippen LogP contribution in [0.15, 0.2) is 455 Å². The Bertz CT molecular complexity index is 8340. The first-order chi connectivity index (χ1) is 66.4. The molecule has 0 spiro atoms. The first-order valence-corrected chi connectivity index (χ1v) is 45.8. The lowest BCUT2D eigenvalue weighted by atomic mass is 9.82. The molecule has 21 aromatic rings. The average Bonchev–Trinajstić information content (AvgIpc) is 1.58. The minimum atomic E-state index is -0.101. The third-order valence-corrected chi connectivity index (χ3v) is 27.4. The molecule has 3 nitrogen and oxygen atoms in total. The minimum absolute atomic E-state index is 0.0730. The Kier molecular flexibility index (Phi) is 19.9. The van der Waals surface area contributed by atoms with Crippen molar-refractivity contribution in [3.8, 4) is 33.4 Å². The normalized spacial score (nSPS) is 14.0. The lowest BCUT2D eigenvalue weighted by molar-refractivity contribution is 0.660. The molecular formula is C129H99N3. The second-order valence-electron chi connectivity index (χ2n) is 36.3. The van der Waals surface area contributed by atoms with Crippen molar-refractivity contribution in [3.63, 3.8) is 0 Å². The van der Waals surface area contributed by atoms with E-state index in [1.807, 2.05) is 60.7 Å². The molecule has 0 aliphatic heterocycles. The molecular weight excluding hydrogens is 1590 g/mol. The van der Waals surface area contributed by atoms with Crippen LogP contribution in [0.2, 0.25) is 0 Å². The van der Waals surface area contributed by atoms with Gasteiger partial charge in [0.2, 0.25) is 0 Å². The van der Waals surface area contributed by atoms with Crippen LogP contribution in [-0.2, 0) is 16.2 Å². The van der Waals surface area contributed by atoms with Crippen molar-refractivity contribution in [2.24, 2.45) is 0 Å². The Morgan fingerprint density at radius 2 is 0.424 bits per heavy atom. The Morgan fingerprint density at radius 1 is 0.174 bits per heavy atom. The van der Waals surface area contributed by atoms with Crippen molar-refractivity contribution in [3.05, 3.63) is 522 Å². The summed E-state index contributed by atoms with van der Waals surface area (Å²) in [5.74, 6) is 0. The van der Waals surface area contributed by atoms with Crippen molar-refractivity contribution in [1.82, 2.24) is 0 Å². The van der Waals surface area contributed by atoms with Gasteiger partial charge in [0.25, 0.3) is 0 Å². The summed E-state index contributed by atoms with van der Waals surface area (Å²) in [6, 6.07) is 161. The molecule has 0 fully saturated rings. The number of anilines is 9. The zero-order valence-electron chi connectivity index (χ0n) is 78.8. The summed E-state index contributed by atoms with van der Waals surface area (Å²) in [5.41, 5.74) is 30.9. The number of hydrogen-bond acceptors (Lipinski definition) is 3. The summed E-state index contributed by atoms with van der Waals surface area (Å²) in [4.78, 5) is 6.91. The van der Waals surface area contributed by atoms with Crippen LogP contribution in [-0.4, -0.2) is 0 Å². The molecule has 0 amide bonds. The van der Waals surface area contributed by atoms with E-state index in [4.69, 9.17) is 5.48 Å².